The van der Waals surface area contributed by atoms with Crippen molar-refractivity contribution in [3.05, 3.63) is 105 Å². The average molecular weight is 512 g/mol. The van der Waals surface area contributed by atoms with Crippen molar-refractivity contribution in [3.63, 3.8) is 0 Å². The molecule has 9 heteroatoms. The maximum atomic E-state index is 12.7. The highest BCUT2D eigenvalue weighted by Gasteiger charge is 2.21. The third-order valence-electron chi connectivity index (χ3n) is 6.76. The fourth-order valence-electron chi connectivity index (χ4n) is 4.53. The van der Waals surface area contributed by atoms with Gasteiger partial charge in [-0.1, -0.05) is 42.5 Å². The van der Waals surface area contributed by atoms with Crippen molar-refractivity contribution in [2.45, 2.75) is 6.54 Å². The third-order valence-corrected chi connectivity index (χ3v) is 6.76. The Bertz CT molecular complexity index is 1490. The molecule has 1 saturated heterocycles. The molecule has 3 aromatic carbocycles. The molecular weight excluding hydrogens is 482 g/mol. The number of nitro groups is 1. The number of nitrogens with zero attached hydrogens (tertiary/aromatic N) is 5. The largest absolute Gasteiger partial charge is 0.457 e. The van der Waals surface area contributed by atoms with E-state index in [1.54, 1.807) is 25.2 Å². The van der Waals surface area contributed by atoms with Crippen molar-refractivity contribution in [2.75, 3.05) is 33.2 Å². The van der Waals surface area contributed by atoms with Crippen LogP contribution in [0.3, 0.4) is 0 Å². The van der Waals surface area contributed by atoms with Crippen LogP contribution in [0.5, 0.6) is 11.5 Å². The number of rotatable bonds is 7. The highest BCUT2D eigenvalue weighted by Crippen LogP contribution is 2.39. The van der Waals surface area contributed by atoms with E-state index in [0.29, 0.717) is 28.3 Å². The lowest BCUT2D eigenvalue weighted by molar-refractivity contribution is -0.384. The van der Waals surface area contributed by atoms with E-state index in [9.17, 15) is 14.9 Å². The monoisotopic (exact) mass is 511 g/mol. The minimum atomic E-state index is -0.454. The predicted octanol–water partition coefficient (Wildman–Crippen LogP) is 4.56. The summed E-state index contributed by atoms with van der Waals surface area (Å²) in [4.78, 5) is 28.6. The van der Waals surface area contributed by atoms with Crippen molar-refractivity contribution in [3.8, 4) is 33.9 Å². The maximum Gasteiger partial charge on any atom is 0.270 e. The van der Waals surface area contributed by atoms with Crippen LogP contribution < -0.4 is 10.3 Å². The summed E-state index contributed by atoms with van der Waals surface area (Å²) in [6.45, 7) is 5.01. The number of hydrogen-bond acceptors (Lipinski definition) is 7. The third kappa shape index (κ3) is 5.64. The average Bonchev–Trinajstić information content (AvgIpc) is 2.92. The lowest BCUT2D eigenvalue weighted by Crippen LogP contribution is -2.43. The fourth-order valence-corrected chi connectivity index (χ4v) is 4.53. The second kappa shape index (κ2) is 11.0. The van der Waals surface area contributed by atoms with Crippen molar-refractivity contribution in [1.82, 2.24) is 19.6 Å². The molecule has 9 nitrogen and oxygen atoms in total. The molecule has 1 fully saturated rings. The van der Waals surface area contributed by atoms with Crippen LogP contribution in [-0.4, -0.2) is 57.7 Å². The number of aryl methyl sites for hydroxylation is 1. The van der Waals surface area contributed by atoms with E-state index in [4.69, 9.17) is 4.74 Å². The molecule has 1 aliphatic heterocycles. The standard InChI is InChI=1S/C29H29N5O4/c1-31-14-16-33(17-15-31)20-21-8-10-22(11-9-21)25-19-28(35)32(2)30-29(25)26-18-23(34(36)37)12-13-27(26)38-24-6-4-3-5-7-24/h3-13,18-19H,14-17,20H2,1-2H3. The van der Waals surface area contributed by atoms with Crippen LogP contribution in [0.4, 0.5) is 5.69 Å². The molecule has 1 aromatic heterocycles. The van der Waals surface area contributed by atoms with E-state index in [1.807, 2.05) is 30.3 Å². The summed E-state index contributed by atoms with van der Waals surface area (Å²) in [5, 5.41) is 16.2. The first kappa shape index (κ1) is 25.3. The molecule has 0 spiro atoms. The van der Waals surface area contributed by atoms with E-state index in [-0.39, 0.29) is 11.2 Å². The first-order valence-corrected chi connectivity index (χ1v) is 12.5. The van der Waals surface area contributed by atoms with E-state index in [2.05, 4.69) is 34.1 Å². The van der Waals surface area contributed by atoms with Gasteiger partial charge in [0, 0.05) is 63.5 Å². The molecule has 2 heterocycles. The molecule has 1 aliphatic rings. The summed E-state index contributed by atoms with van der Waals surface area (Å²) < 4.78 is 7.34. The number of ether oxygens (including phenoxy) is 1. The Balaban J connectivity index is 1.55. The Labute approximate surface area is 220 Å². The van der Waals surface area contributed by atoms with Gasteiger partial charge in [-0.15, -0.1) is 0 Å². The molecule has 0 aliphatic carbocycles. The molecular formula is C29H29N5O4. The topological polar surface area (TPSA) is 93.7 Å². The SMILES string of the molecule is CN1CCN(Cc2ccc(-c3cc(=O)n(C)nc3-c3cc([N+](=O)[O-])ccc3Oc3ccccc3)cc2)CC1. The van der Waals surface area contributed by atoms with Crippen LogP contribution in [0.15, 0.2) is 83.7 Å². The molecule has 4 aromatic rings. The molecule has 0 bridgehead atoms. The van der Waals surface area contributed by atoms with Crippen LogP contribution >= 0.6 is 0 Å². The Kier molecular flexibility index (Phi) is 7.30. The number of likely N-dealkylation sites (N-methyl/N-ethyl adjacent to an activating group) is 1. The summed E-state index contributed by atoms with van der Waals surface area (Å²) >= 11 is 0. The summed E-state index contributed by atoms with van der Waals surface area (Å²) in [6, 6.07) is 23.2. The molecule has 194 valence electrons. The second-order valence-electron chi connectivity index (χ2n) is 9.50. The first-order chi connectivity index (χ1) is 18.4. The predicted molar refractivity (Wildman–Crippen MR) is 146 cm³/mol. The number of hydrogen-bond donors (Lipinski definition) is 0. The van der Waals surface area contributed by atoms with Gasteiger partial charge >= 0.3 is 0 Å². The summed E-state index contributed by atoms with van der Waals surface area (Å²) in [7, 11) is 3.70. The van der Waals surface area contributed by atoms with Gasteiger partial charge in [0.1, 0.15) is 17.2 Å². The normalized spacial score (nSPS) is 14.4. The smallest absolute Gasteiger partial charge is 0.270 e. The molecule has 0 atom stereocenters. The first-order valence-electron chi connectivity index (χ1n) is 12.5. The number of nitro benzene ring substituents is 1. The van der Waals surface area contributed by atoms with E-state index < -0.39 is 4.92 Å². The lowest BCUT2D eigenvalue weighted by Gasteiger charge is -2.32. The van der Waals surface area contributed by atoms with Gasteiger partial charge in [-0.3, -0.25) is 19.8 Å². The zero-order valence-electron chi connectivity index (χ0n) is 21.4. The van der Waals surface area contributed by atoms with Crippen LogP contribution in [0, 0.1) is 10.1 Å². The Morgan fingerprint density at radius 1 is 0.895 bits per heavy atom. The molecule has 0 radical (unpaired) electrons. The van der Waals surface area contributed by atoms with Gasteiger partial charge in [-0.2, -0.15) is 5.10 Å². The van der Waals surface area contributed by atoms with Gasteiger partial charge in [0.05, 0.1) is 10.5 Å². The van der Waals surface area contributed by atoms with Crippen molar-refractivity contribution in [2.24, 2.45) is 7.05 Å². The zero-order chi connectivity index (χ0) is 26.6. The van der Waals surface area contributed by atoms with Gasteiger partial charge in [0.15, 0.2) is 0 Å². The number of piperazine rings is 1. The molecule has 38 heavy (non-hydrogen) atoms. The highest BCUT2D eigenvalue weighted by atomic mass is 16.6. The van der Waals surface area contributed by atoms with Crippen LogP contribution in [-0.2, 0) is 13.6 Å². The highest BCUT2D eigenvalue weighted by molar-refractivity contribution is 5.84. The van der Waals surface area contributed by atoms with E-state index in [0.717, 1.165) is 38.3 Å². The number of benzene rings is 3. The van der Waals surface area contributed by atoms with Gasteiger partial charge in [-0.05, 0) is 36.4 Å². The lowest BCUT2D eigenvalue weighted by atomic mass is 9.98. The van der Waals surface area contributed by atoms with Crippen LogP contribution in [0.25, 0.3) is 22.4 Å². The summed E-state index contributed by atoms with van der Waals surface area (Å²) in [6.07, 6.45) is 0. The fraction of sp³-hybridized carbons (Fsp3) is 0.241. The summed E-state index contributed by atoms with van der Waals surface area (Å²) in [5.41, 5.74) is 3.04. The summed E-state index contributed by atoms with van der Waals surface area (Å²) in [5.74, 6) is 0.989. The van der Waals surface area contributed by atoms with Crippen LogP contribution in [0.1, 0.15) is 5.56 Å². The maximum absolute atomic E-state index is 12.7. The zero-order valence-corrected chi connectivity index (χ0v) is 21.4. The molecule has 0 saturated carbocycles. The minimum absolute atomic E-state index is 0.0930. The number of non-ortho nitro benzene ring substituents is 1. The minimum Gasteiger partial charge on any atom is -0.457 e. The van der Waals surface area contributed by atoms with Crippen molar-refractivity contribution < 1.29 is 9.66 Å². The molecule has 0 amide bonds. The second-order valence-corrected chi connectivity index (χ2v) is 9.50. The van der Waals surface area contributed by atoms with E-state index in [1.165, 1.54) is 28.4 Å². The Hall–Kier alpha value is -4.34. The van der Waals surface area contributed by atoms with Crippen molar-refractivity contribution >= 4 is 5.69 Å². The molecule has 0 unspecified atom stereocenters. The van der Waals surface area contributed by atoms with Crippen LogP contribution in [0.2, 0.25) is 0 Å². The van der Waals surface area contributed by atoms with Gasteiger partial charge in [-0.25, -0.2) is 4.68 Å². The van der Waals surface area contributed by atoms with Gasteiger partial charge in [0.25, 0.3) is 11.2 Å². The molecule has 5 rings (SSSR count). The quantitative estimate of drug-likeness (QED) is 0.265. The Morgan fingerprint density at radius 2 is 1.61 bits per heavy atom. The molecule has 0 N–H and O–H groups in total. The van der Waals surface area contributed by atoms with Crippen molar-refractivity contribution in [1.29, 1.82) is 0 Å². The number of para-hydroxylation sites is 1. The Morgan fingerprint density at radius 3 is 2.29 bits per heavy atom. The number of aromatic nitrogens is 2. The van der Waals surface area contributed by atoms with E-state index >= 15 is 0 Å². The van der Waals surface area contributed by atoms with Gasteiger partial charge < -0.3 is 9.64 Å². The van der Waals surface area contributed by atoms with Gasteiger partial charge in [0.2, 0.25) is 0 Å².